The summed E-state index contributed by atoms with van der Waals surface area (Å²) >= 11 is 12.7. The fraction of sp³-hybridized carbons (Fsp3) is 0.241. The first-order chi connectivity index (χ1) is 18.6. The third-order valence-corrected chi connectivity index (χ3v) is 7.81. The van der Waals surface area contributed by atoms with Gasteiger partial charge in [0.05, 0.1) is 24.1 Å². The number of imidazole rings is 1. The summed E-state index contributed by atoms with van der Waals surface area (Å²) in [5.74, 6) is 0.270. The number of carbonyl (C=O) groups is 2. The molecule has 1 spiro atoms. The van der Waals surface area contributed by atoms with Gasteiger partial charge in [0.15, 0.2) is 11.2 Å². The summed E-state index contributed by atoms with van der Waals surface area (Å²) < 4.78 is 7.61. The molecule has 198 valence electrons. The Morgan fingerprint density at radius 3 is 2.46 bits per heavy atom. The van der Waals surface area contributed by atoms with Crippen LogP contribution in [-0.4, -0.2) is 33.5 Å². The van der Waals surface area contributed by atoms with Gasteiger partial charge in [-0.3, -0.25) is 19.5 Å². The quantitative estimate of drug-likeness (QED) is 0.315. The van der Waals surface area contributed by atoms with E-state index in [1.807, 2.05) is 44.4 Å². The summed E-state index contributed by atoms with van der Waals surface area (Å²) in [5, 5.41) is 3.90. The number of anilines is 2. The minimum atomic E-state index is -1.55. The number of hydrogen-bond acceptors (Lipinski definition) is 5. The first-order valence-electron chi connectivity index (χ1n) is 12.5. The summed E-state index contributed by atoms with van der Waals surface area (Å²) in [6.07, 6.45) is 1.68. The lowest BCUT2D eigenvalue weighted by atomic mass is 9.86. The predicted octanol–water partition coefficient (Wildman–Crippen LogP) is 6.31. The number of halogens is 2. The standard InChI is InChI=1S/C29H25Cl2N5O3/c1-14(2)35-25-24(34-26(35)19-13-32-16(4)10-23(19)39-5)27(37)36(22-12-18(31)7-6-15(22)3)29(25)20-9-8-17(30)11-21(20)33-28(29)38/h6-14H,1-5H3,(H,33,38)/t29-/m0/s1. The van der Waals surface area contributed by atoms with Crippen LogP contribution in [0.3, 0.4) is 0 Å². The highest BCUT2D eigenvalue weighted by molar-refractivity contribution is 6.32. The predicted molar refractivity (Wildman–Crippen MR) is 151 cm³/mol. The minimum Gasteiger partial charge on any atom is -0.496 e. The van der Waals surface area contributed by atoms with Gasteiger partial charge in [0.1, 0.15) is 11.6 Å². The summed E-state index contributed by atoms with van der Waals surface area (Å²) in [6.45, 7) is 7.72. The highest BCUT2D eigenvalue weighted by Crippen LogP contribution is 2.55. The number of nitrogens with one attached hydrogen (secondary N) is 1. The van der Waals surface area contributed by atoms with Crippen molar-refractivity contribution in [2.45, 2.75) is 39.3 Å². The molecule has 8 nitrogen and oxygen atoms in total. The van der Waals surface area contributed by atoms with E-state index in [1.165, 1.54) is 4.90 Å². The van der Waals surface area contributed by atoms with E-state index in [0.717, 1.165) is 11.3 Å². The van der Waals surface area contributed by atoms with Gasteiger partial charge in [-0.05, 0) is 57.5 Å². The molecule has 0 unspecified atom stereocenters. The molecule has 2 amide bonds. The van der Waals surface area contributed by atoms with Crippen LogP contribution in [0.5, 0.6) is 5.75 Å². The second kappa shape index (κ2) is 8.83. The molecule has 0 saturated heterocycles. The average Bonchev–Trinajstić information content (AvgIpc) is 3.49. The van der Waals surface area contributed by atoms with Crippen molar-refractivity contribution in [2.75, 3.05) is 17.3 Å². The van der Waals surface area contributed by atoms with Crippen LogP contribution >= 0.6 is 23.2 Å². The van der Waals surface area contributed by atoms with Crippen LogP contribution in [0.2, 0.25) is 10.0 Å². The Morgan fingerprint density at radius 2 is 1.74 bits per heavy atom. The van der Waals surface area contributed by atoms with Crippen LogP contribution < -0.4 is 15.0 Å². The van der Waals surface area contributed by atoms with Crippen LogP contribution in [-0.2, 0) is 10.3 Å². The van der Waals surface area contributed by atoms with Gasteiger partial charge in [-0.2, -0.15) is 0 Å². The van der Waals surface area contributed by atoms with Gasteiger partial charge in [0.25, 0.3) is 11.8 Å². The number of ether oxygens (including phenoxy) is 1. The van der Waals surface area contributed by atoms with Gasteiger partial charge in [0.2, 0.25) is 0 Å². The van der Waals surface area contributed by atoms with Crippen molar-refractivity contribution in [3.63, 3.8) is 0 Å². The van der Waals surface area contributed by atoms with E-state index in [1.54, 1.807) is 43.6 Å². The third kappa shape index (κ3) is 3.44. The number of aryl methyl sites for hydroxylation is 2. The maximum atomic E-state index is 14.4. The molecular weight excluding hydrogens is 537 g/mol. The molecule has 0 aliphatic carbocycles. The second-order valence-electron chi connectivity index (χ2n) is 10.0. The minimum absolute atomic E-state index is 0.179. The normalized spacial score (nSPS) is 17.7. The number of hydrogen-bond donors (Lipinski definition) is 1. The number of pyridine rings is 1. The second-order valence-corrected chi connectivity index (χ2v) is 10.9. The SMILES string of the molecule is COc1cc(C)ncc1-c1nc2c(n1C(C)C)[C@@]1(C(=O)Nc3cc(Cl)ccc31)N(c1cc(Cl)ccc1C)C2=O. The Kier molecular flexibility index (Phi) is 5.75. The van der Waals surface area contributed by atoms with Gasteiger partial charge < -0.3 is 14.6 Å². The molecule has 2 aromatic carbocycles. The lowest BCUT2D eigenvalue weighted by Gasteiger charge is -2.36. The summed E-state index contributed by atoms with van der Waals surface area (Å²) in [6, 6.07) is 12.1. The summed E-state index contributed by atoms with van der Waals surface area (Å²) in [7, 11) is 1.58. The lowest BCUT2D eigenvalue weighted by molar-refractivity contribution is -0.119. The summed E-state index contributed by atoms with van der Waals surface area (Å²) in [5.41, 5.74) is 2.94. The lowest BCUT2D eigenvalue weighted by Crippen LogP contribution is -2.51. The molecule has 0 fully saturated rings. The first-order valence-corrected chi connectivity index (χ1v) is 13.2. The number of amides is 2. The van der Waals surface area contributed by atoms with Crippen molar-refractivity contribution in [1.29, 1.82) is 0 Å². The van der Waals surface area contributed by atoms with Crippen molar-refractivity contribution in [1.82, 2.24) is 14.5 Å². The Balaban J connectivity index is 1.74. The first kappa shape index (κ1) is 25.4. The number of benzene rings is 2. The molecule has 10 heteroatoms. The molecule has 6 rings (SSSR count). The molecule has 0 radical (unpaired) electrons. The molecule has 2 aromatic heterocycles. The van der Waals surface area contributed by atoms with Crippen LogP contribution in [0.15, 0.2) is 48.7 Å². The smallest absolute Gasteiger partial charge is 0.280 e. The van der Waals surface area contributed by atoms with Gasteiger partial charge >= 0.3 is 0 Å². The largest absolute Gasteiger partial charge is 0.496 e. The highest BCUT2D eigenvalue weighted by atomic mass is 35.5. The van der Waals surface area contributed by atoms with Crippen LogP contribution in [0.4, 0.5) is 11.4 Å². The van der Waals surface area contributed by atoms with Crippen molar-refractivity contribution < 1.29 is 14.3 Å². The van der Waals surface area contributed by atoms with Crippen LogP contribution in [0.1, 0.15) is 52.9 Å². The zero-order valence-corrected chi connectivity index (χ0v) is 23.5. The molecule has 0 bridgehead atoms. The molecule has 4 heterocycles. The van der Waals surface area contributed by atoms with E-state index in [0.29, 0.717) is 49.8 Å². The monoisotopic (exact) mass is 561 g/mol. The maximum absolute atomic E-state index is 14.4. The molecular formula is C29H25Cl2N5O3. The average molecular weight is 562 g/mol. The number of nitrogens with zero attached hydrogens (tertiary/aromatic N) is 4. The number of aromatic nitrogens is 3. The van der Waals surface area contributed by atoms with Crippen molar-refractivity contribution in [2.24, 2.45) is 0 Å². The fourth-order valence-electron chi connectivity index (χ4n) is 5.70. The highest BCUT2D eigenvalue weighted by Gasteiger charge is 2.64. The van der Waals surface area contributed by atoms with Crippen molar-refractivity contribution in [3.05, 3.63) is 86.9 Å². The zero-order chi connectivity index (χ0) is 27.8. The third-order valence-electron chi connectivity index (χ3n) is 7.34. The van der Waals surface area contributed by atoms with Crippen LogP contribution in [0.25, 0.3) is 11.4 Å². The van der Waals surface area contributed by atoms with Crippen molar-refractivity contribution >= 4 is 46.4 Å². The van der Waals surface area contributed by atoms with E-state index in [9.17, 15) is 9.59 Å². The number of methoxy groups -OCH3 is 1. The Morgan fingerprint density at radius 1 is 1.03 bits per heavy atom. The molecule has 4 aromatic rings. The molecule has 0 saturated carbocycles. The van der Waals surface area contributed by atoms with Crippen molar-refractivity contribution in [3.8, 4) is 17.1 Å². The maximum Gasteiger partial charge on any atom is 0.280 e. The van der Waals surface area contributed by atoms with E-state index in [2.05, 4.69) is 10.3 Å². The molecule has 2 aliphatic heterocycles. The van der Waals surface area contributed by atoms with Gasteiger partial charge in [-0.1, -0.05) is 35.3 Å². The summed E-state index contributed by atoms with van der Waals surface area (Å²) in [4.78, 5) is 39.6. The Bertz CT molecular complexity index is 1710. The molecule has 1 N–H and O–H groups in total. The van der Waals surface area contributed by atoms with E-state index in [-0.39, 0.29) is 17.6 Å². The van der Waals surface area contributed by atoms with Gasteiger partial charge in [-0.25, -0.2) is 4.98 Å². The molecule has 1 atom stereocenters. The van der Waals surface area contributed by atoms with Gasteiger partial charge in [0, 0.05) is 45.3 Å². The molecule has 2 aliphatic rings. The number of rotatable bonds is 4. The number of fused-ring (bicyclic) bond motifs is 4. The van der Waals surface area contributed by atoms with Crippen LogP contribution in [0, 0.1) is 13.8 Å². The topological polar surface area (TPSA) is 89.3 Å². The molecule has 39 heavy (non-hydrogen) atoms. The zero-order valence-electron chi connectivity index (χ0n) is 22.0. The Hall–Kier alpha value is -3.88. The Labute approximate surface area is 235 Å². The van der Waals surface area contributed by atoms with E-state index in [4.69, 9.17) is 32.9 Å². The van der Waals surface area contributed by atoms with E-state index < -0.39 is 11.4 Å². The number of carbonyl (C=O) groups excluding carboxylic acids is 2. The fourth-order valence-corrected chi connectivity index (χ4v) is 6.04. The van der Waals surface area contributed by atoms with Gasteiger partial charge in [-0.15, -0.1) is 0 Å². The van der Waals surface area contributed by atoms with E-state index >= 15 is 0 Å².